The molecule has 4 heteroatoms. The van der Waals surface area contributed by atoms with Gasteiger partial charge in [-0.1, -0.05) is 25.7 Å². The van der Waals surface area contributed by atoms with Crippen LogP contribution >= 0.6 is 11.3 Å². The molecule has 3 nitrogen and oxygen atoms in total. The van der Waals surface area contributed by atoms with Crippen LogP contribution in [0.4, 0.5) is 0 Å². The number of hydrogen-bond donors (Lipinski definition) is 2. The summed E-state index contributed by atoms with van der Waals surface area (Å²) in [6.07, 6.45) is 1.44. The van der Waals surface area contributed by atoms with Crippen LogP contribution in [0.3, 0.4) is 0 Å². The number of amides is 1. The highest BCUT2D eigenvalue weighted by Gasteiger charge is 2.12. The molecule has 0 fully saturated rings. The summed E-state index contributed by atoms with van der Waals surface area (Å²) in [5.74, 6) is 6.32. The van der Waals surface area contributed by atoms with Gasteiger partial charge in [0.15, 0.2) is 0 Å². The lowest BCUT2D eigenvalue weighted by Gasteiger charge is -2.15. The molecule has 1 atom stereocenters. The molecule has 0 aliphatic rings. The fraction of sp³-hybridized carbons (Fsp3) is 0.533. The second-order valence-corrected chi connectivity index (χ2v) is 6.03. The van der Waals surface area contributed by atoms with Crippen molar-refractivity contribution in [2.75, 3.05) is 6.61 Å². The molecule has 0 aliphatic heterocycles. The predicted molar refractivity (Wildman–Crippen MR) is 79.3 cm³/mol. The third-order valence-corrected chi connectivity index (χ3v) is 3.48. The van der Waals surface area contributed by atoms with E-state index < -0.39 is 0 Å². The van der Waals surface area contributed by atoms with Gasteiger partial charge in [0, 0.05) is 12.5 Å². The third-order valence-electron chi connectivity index (χ3n) is 2.48. The van der Waals surface area contributed by atoms with E-state index in [0.29, 0.717) is 17.2 Å². The second-order valence-electron chi connectivity index (χ2n) is 4.94. The smallest absolute Gasteiger partial charge is 0.261 e. The maximum absolute atomic E-state index is 12.0. The molecule has 1 unspecified atom stereocenters. The lowest BCUT2D eigenvalue weighted by molar-refractivity contribution is 0.0940. The fourth-order valence-electron chi connectivity index (χ4n) is 1.79. The number of rotatable bonds is 5. The van der Waals surface area contributed by atoms with Gasteiger partial charge in [-0.25, -0.2) is 0 Å². The van der Waals surface area contributed by atoms with Gasteiger partial charge in [-0.2, -0.15) is 0 Å². The highest BCUT2D eigenvalue weighted by Crippen LogP contribution is 2.16. The van der Waals surface area contributed by atoms with E-state index in [-0.39, 0.29) is 18.6 Å². The summed E-state index contributed by atoms with van der Waals surface area (Å²) in [7, 11) is 0. The summed E-state index contributed by atoms with van der Waals surface area (Å²) in [6.45, 7) is 6.37. The van der Waals surface area contributed by atoms with Crippen LogP contribution in [-0.4, -0.2) is 23.7 Å². The zero-order chi connectivity index (χ0) is 14.3. The topological polar surface area (TPSA) is 49.3 Å². The molecule has 0 saturated carbocycles. The van der Waals surface area contributed by atoms with E-state index in [4.69, 9.17) is 5.11 Å². The molecule has 0 bridgehead atoms. The van der Waals surface area contributed by atoms with Crippen molar-refractivity contribution in [1.29, 1.82) is 0 Å². The standard InChI is InChI=1S/C15H21NO2S/c1-11(2)10-12(3)16-15(18)14-8-7-13(19-14)6-4-5-9-17/h7-8,11-12,17H,5,9-10H2,1-3H3,(H,16,18). The largest absolute Gasteiger partial charge is 0.395 e. The molecule has 0 saturated heterocycles. The number of aliphatic hydroxyl groups is 1. The van der Waals surface area contributed by atoms with Crippen molar-refractivity contribution in [2.24, 2.45) is 5.92 Å². The number of nitrogens with one attached hydrogen (secondary N) is 1. The lowest BCUT2D eigenvalue weighted by atomic mass is 10.1. The van der Waals surface area contributed by atoms with Gasteiger partial charge in [0.05, 0.1) is 16.4 Å². The van der Waals surface area contributed by atoms with Gasteiger partial charge in [0.1, 0.15) is 0 Å². The van der Waals surface area contributed by atoms with E-state index in [9.17, 15) is 4.79 Å². The van der Waals surface area contributed by atoms with Crippen molar-refractivity contribution in [3.05, 3.63) is 21.9 Å². The monoisotopic (exact) mass is 279 g/mol. The number of aliphatic hydroxyl groups excluding tert-OH is 1. The van der Waals surface area contributed by atoms with E-state index in [1.807, 2.05) is 13.0 Å². The molecular formula is C15H21NO2S. The molecule has 0 aromatic carbocycles. The van der Waals surface area contributed by atoms with Gasteiger partial charge in [-0.05, 0) is 31.4 Å². The molecule has 1 aromatic heterocycles. The normalized spacial score (nSPS) is 11.8. The Labute approximate surface area is 119 Å². The zero-order valence-electron chi connectivity index (χ0n) is 11.7. The molecule has 2 N–H and O–H groups in total. The SMILES string of the molecule is CC(C)CC(C)NC(=O)c1ccc(C#CCCO)s1. The summed E-state index contributed by atoms with van der Waals surface area (Å²) >= 11 is 1.39. The number of thiophene rings is 1. The van der Waals surface area contributed by atoms with Crippen molar-refractivity contribution in [3.63, 3.8) is 0 Å². The molecule has 1 amide bonds. The van der Waals surface area contributed by atoms with Gasteiger partial charge in [-0.3, -0.25) is 4.79 Å². The number of carbonyl (C=O) groups excluding carboxylic acids is 1. The van der Waals surface area contributed by atoms with Crippen molar-refractivity contribution in [2.45, 2.75) is 39.7 Å². The van der Waals surface area contributed by atoms with Crippen LogP contribution in [0.2, 0.25) is 0 Å². The molecule has 1 aromatic rings. The van der Waals surface area contributed by atoms with E-state index in [1.165, 1.54) is 11.3 Å². The van der Waals surface area contributed by atoms with Crippen LogP contribution in [-0.2, 0) is 0 Å². The minimum Gasteiger partial charge on any atom is -0.395 e. The average Bonchev–Trinajstić information content (AvgIpc) is 2.77. The van der Waals surface area contributed by atoms with Crippen LogP contribution in [0, 0.1) is 17.8 Å². The lowest BCUT2D eigenvalue weighted by Crippen LogP contribution is -2.32. The van der Waals surface area contributed by atoms with E-state index >= 15 is 0 Å². The molecule has 104 valence electrons. The van der Waals surface area contributed by atoms with Crippen LogP contribution in [0.25, 0.3) is 0 Å². The van der Waals surface area contributed by atoms with Gasteiger partial charge in [0.2, 0.25) is 0 Å². The summed E-state index contributed by atoms with van der Waals surface area (Å²) in [4.78, 5) is 13.5. The summed E-state index contributed by atoms with van der Waals surface area (Å²) in [6, 6.07) is 3.82. The Balaban J connectivity index is 2.56. The summed E-state index contributed by atoms with van der Waals surface area (Å²) < 4.78 is 0. The molecular weight excluding hydrogens is 258 g/mol. The molecule has 0 radical (unpaired) electrons. The molecule has 0 aliphatic carbocycles. The Hall–Kier alpha value is -1.31. The predicted octanol–water partition coefficient (Wildman–Crippen LogP) is 2.65. The fourth-order valence-corrected chi connectivity index (χ4v) is 2.58. The van der Waals surface area contributed by atoms with Crippen molar-refractivity contribution in [1.82, 2.24) is 5.32 Å². The average molecular weight is 279 g/mol. The Kier molecular flexibility index (Phi) is 6.61. The molecule has 0 spiro atoms. The van der Waals surface area contributed by atoms with E-state index in [1.54, 1.807) is 6.07 Å². The first-order valence-corrected chi connectivity index (χ1v) is 7.35. The van der Waals surface area contributed by atoms with Crippen LogP contribution in [0.15, 0.2) is 12.1 Å². The first-order chi connectivity index (χ1) is 9.02. The number of hydrogen-bond acceptors (Lipinski definition) is 3. The Morgan fingerprint density at radius 1 is 1.42 bits per heavy atom. The summed E-state index contributed by atoms with van der Waals surface area (Å²) in [5, 5.41) is 11.6. The van der Waals surface area contributed by atoms with Crippen molar-refractivity contribution in [3.8, 4) is 11.8 Å². The van der Waals surface area contributed by atoms with Crippen LogP contribution in [0.1, 0.15) is 48.2 Å². The molecule has 19 heavy (non-hydrogen) atoms. The van der Waals surface area contributed by atoms with Gasteiger partial charge in [-0.15, -0.1) is 11.3 Å². The second kappa shape index (κ2) is 7.98. The highest BCUT2D eigenvalue weighted by atomic mass is 32.1. The van der Waals surface area contributed by atoms with E-state index in [2.05, 4.69) is 31.0 Å². The summed E-state index contributed by atoms with van der Waals surface area (Å²) in [5.41, 5.74) is 0. The first-order valence-electron chi connectivity index (χ1n) is 6.53. The highest BCUT2D eigenvalue weighted by molar-refractivity contribution is 7.14. The van der Waals surface area contributed by atoms with Gasteiger partial charge < -0.3 is 10.4 Å². The van der Waals surface area contributed by atoms with Gasteiger partial charge in [0.25, 0.3) is 5.91 Å². The van der Waals surface area contributed by atoms with Crippen molar-refractivity contribution >= 4 is 17.2 Å². The Morgan fingerprint density at radius 2 is 2.16 bits per heavy atom. The Morgan fingerprint density at radius 3 is 2.79 bits per heavy atom. The van der Waals surface area contributed by atoms with Gasteiger partial charge >= 0.3 is 0 Å². The molecule has 1 heterocycles. The first kappa shape index (κ1) is 15.7. The van der Waals surface area contributed by atoms with Crippen molar-refractivity contribution < 1.29 is 9.90 Å². The minimum atomic E-state index is -0.0339. The maximum atomic E-state index is 12.0. The zero-order valence-corrected chi connectivity index (χ0v) is 12.5. The van der Waals surface area contributed by atoms with Crippen LogP contribution in [0.5, 0.6) is 0 Å². The third kappa shape index (κ3) is 5.91. The quantitative estimate of drug-likeness (QED) is 0.814. The van der Waals surface area contributed by atoms with E-state index in [0.717, 1.165) is 11.3 Å². The minimum absolute atomic E-state index is 0.0339. The number of carbonyl (C=O) groups is 1. The van der Waals surface area contributed by atoms with Crippen LogP contribution < -0.4 is 5.32 Å². The Bertz CT molecular complexity index is 468. The molecule has 1 rings (SSSR count). The maximum Gasteiger partial charge on any atom is 0.261 e.